The summed E-state index contributed by atoms with van der Waals surface area (Å²) in [5.74, 6) is -0.152. The van der Waals surface area contributed by atoms with Crippen molar-refractivity contribution in [3.8, 4) is 11.8 Å². The zero-order valence-electron chi connectivity index (χ0n) is 14.4. The molecule has 1 aromatic rings. The summed E-state index contributed by atoms with van der Waals surface area (Å²) in [7, 11) is 1.30. The van der Waals surface area contributed by atoms with Gasteiger partial charge in [-0.05, 0) is 31.0 Å². The number of nitrogens with one attached hydrogen (secondary N) is 1. The van der Waals surface area contributed by atoms with Crippen molar-refractivity contribution >= 4 is 11.9 Å². The number of hydrogen-bond donors (Lipinski definition) is 1. The third-order valence-electron chi connectivity index (χ3n) is 3.64. The Morgan fingerprint density at radius 2 is 1.96 bits per heavy atom. The quantitative estimate of drug-likeness (QED) is 0.555. The van der Waals surface area contributed by atoms with Gasteiger partial charge in [-0.25, -0.2) is 0 Å². The zero-order valence-corrected chi connectivity index (χ0v) is 14.4. The lowest BCUT2D eigenvalue weighted by molar-refractivity contribution is -0.142. The normalized spacial score (nSPS) is 12.6. The minimum Gasteiger partial charge on any atom is -0.494 e. The third kappa shape index (κ3) is 5.92. The number of methoxy groups -OCH3 is 1. The summed E-state index contributed by atoms with van der Waals surface area (Å²) >= 11 is 0. The number of carbonyl (C=O) groups excluding carboxylic acids is 2. The van der Waals surface area contributed by atoms with Gasteiger partial charge in [0, 0.05) is 0 Å². The van der Waals surface area contributed by atoms with E-state index in [2.05, 4.69) is 12.2 Å². The summed E-state index contributed by atoms with van der Waals surface area (Å²) in [6.45, 7) is 4.47. The highest BCUT2D eigenvalue weighted by Crippen LogP contribution is 2.27. The van der Waals surface area contributed by atoms with Crippen LogP contribution in [0.1, 0.15) is 45.1 Å². The van der Waals surface area contributed by atoms with Gasteiger partial charge in [0.05, 0.1) is 31.7 Å². The lowest BCUT2D eigenvalue weighted by atomic mass is 9.88. The van der Waals surface area contributed by atoms with Crippen molar-refractivity contribution in [1.82, 2.24) is 5.32 Å². The summed E-state index contributed by atoms with van der Waals surface area (Å²) in [6, 6.07) is 9.01. The molecular formula is C18H24N2O4. The van der Waals surface area contributed by atoms with E-state index in [1.807, 2.05) is 0 Å². The number of ether oxygens (including phenoxy) is 2. The van der Waals surface area contributed by atoms with Crippen LogP contribution >= 0.6 is 0 Å². The number of nitriles is 1. The molecule has 24 heavy (non-hydrogen) atoms. The fourth-order valence-corrected chi connectivity index (χ4v) is 2.26. The third-order valence-corrected chi connectivity index (χ3v) is 3.64. The van der Waals surface area contributed by atoms with Gasteiger partial charge in [0.15, 0.2) is 0 Å². The molecule has 130 valence electrons. The number of carbonyl (C=O) groups is 2. The van der Waals surface area contributed by atoms with E-state index in [4.69, 9.17) is 14.7 Å². The Balaban J connectivity index is 2.95. The molecular weight excluding hydrogens is 308 g/mol. The molecule has 0 saturated heterocycles. The highest BCUT2D eigenvalue weighted by molar-refractivity contribution is 5.80. The maximum absolute atomic E-state index is 11.8. The molecule has 1 aromatic carbocycles. The lowest BCUT2D eigenvalue weighted by Crippen LogP contribution is -2.45. The first-order valence-corrected chi connectivity index (χ1v) is 7.93. The first-order valence-electron chi connectivity index (χ1n) is 7.93. The summed E-state index contributed by atoms with van der Waals surface area (Å²) in [5.41, 5.74) is -0.217. The van der Waals surface area contributed by atoms with Crippen LogP contribution in [0.3, 0.4) is 0 Å². The van der Waals surface area contributed by atoms with E-state index >= 15 is 0 Å². The molecule has 1 atom stereocenters. The fraction of sp³-hybridized carbons (Fsp3) is 0.500. The SMILES string of the molecule is CCCCOc1ccc(C(C)(CC(=O)OC)NC(=O)CC#N)cc1. The maximum Gasteiger partial charge on any atom is 0.308 e. The molecule has 1 unspecified atom stereocenters. The topological polar surface area (TPSA) is 88.4 Å². The summed E-state index contributed by atoms with van der Waals surface area (Å²) in [4.78, 5) is 23.6. The highest BCUT2D eigenvalue weighted by atomic mass is 16.5. The van der Waals surface area contributed by atoms with Gasteiger partial charge in [-0.1, -0.05) is 25.5 Å². The van der Waals surface area contributed by atoms with Crippen LogP contribution in [-0.2, 0) is 19.9 Å². The average Bonchev–Trinajstić information content (AvgIpc) is 2.55. The molecule has 1 N–H and O–H groups in total. The van der Waals surface area contributed by atoms with Crippen LogP contribution in [0.2, 0.25) is 0 Å². The first-order chi connectivity index (χ1) is 11.4. The van der Waals surface area contributed by atoms with Crippen LogP contribution in [0.25, 0.3) is 0 Å². The lowest BCUT2D eigenvalue weighted by Gasteiger charge is -2.30. The Morgan fingerprint density at radius 1 is 1.29 bits per heavy atom. The molecule has 0 spiro atoms. The van der Waals surface area contributed by atoms with E-state index in [1.54, 1.807) is 37.3 Å². The maximum atomic E-state index is 11.8. The second kappa shape index (κ2) is 9.56. The van der Waals surface area contributed by atoms with Crippen molar-refractivity contribution in [3.05, 3.63) is 29.8 Å². The molecule has 6 heteroatoms. The number of esters is 1. The molecule has 0 aliphatic heterocycles. The molecule has 0 aromatic heterocycles. The van der Waals surface area contributed by atoms with Gasteiger partial charge in [-0.15, -0.1) is 0 Å². The van der Waals surface area contributed by atoms with Gasteiger partial charge >= 0.3 is 5.97 Å². The zero-order chi connectivity index (χ0) is 18.0. The van der Waals surface area contributed by atoms with Crippen molar-refractivity contribution in [2.75, 3.05) is 13.7 Å². The highest BCUT2D eigenvalue weighted by Gasteiger charge is 2.32. The Bertz CT molecular complexity index is 592. The molecule has 0 bridgehead atoms. The van der Waals surface area contributed by atoms with Crippen molar-refractivity contribution in [1.29, 1.82) is 5.26 Å². The van der Waals surface area contributed by atoms with Gasteiger partial charge in [-0.2, -0.15) is 5.26 Å². The van der Waals surface area contributed by atoms with Crippen LogP contribution in [0, 0.1) is 11.3 Å². The Hall–Kier alpha value is -2.55. The van der Waals surface area contributed by atoms with Crippen molar-refractivity contribution in [2.24, 2.45) is 0 Å². The predicted molar refractivity (Wildman–Crippen MR) is 89.2 cm³/mol. The molecule has 6 nitrogen and oxygen atoms in total. The van der Waals surface area contributed by atoms with E-state index in [-0.39, 0.29) is 12.8 Å². The van der Waals surface area contributed by atoms with Gasteiger partial charge in [0.25, 0.3) is 0 Å². The van der Waals surface area contributed by atoms with Crippen molar-refractivity contribution < 1.29 is 19.1 Å². The molecule has 1 amide bonds. The Kier molecular flexibility index (Phi) is 7.76. The van der Waals surface area contributed by atoms with Gasteiger partial charge in [-0.3, -0.25) is 9.59 Å². The van der Waals surface area contributed by atoms with E-state index in [0.717, 1.165) is 24.2 Å². The van der Waals surface area contributed by atoms with Crippen molar-refractivity contribution in [2.45, 2.75) is 45.1 Å². The second-order valence-corrected chi connectivity index (χ2v) is 5.69. The molecule has 0 radical (unpaired) electrons. The number of hydrogen-bond acceptors (Lipinski definition) is 5. The van der Waals surface area contributed by atoms with E-state index in [9.17, 15) is 9.59 Å². The van der Waals surface area contributed by atoms with Crippen LogP contribution in [0.15, 0.2) is 24.3 Å². The smallest absolute Gasteiger partial charge is 0.308 e. The minimum absolute atomic E-state index is 0.0310. The molecule has 0 fully saturated rings. The second-order valence-electron chi connectivity index (χ2n) is 5.69. The van der Waals surface area contributed by atoms with Gasteiger partial charge in [0.2, 0.25) is 5.91 Å². The summed E-state index contributed by atoms with van der Waals surface area (Å²) in [6.07, 6.45) is 1.73. The minimum atomic E-state index is -0.955. The Labute approximate surface area is 142 Å². The summed E-state index contributed by atoms with van der Waals surface area (Å²) in [5, 5.41) is 11.4. The number of nitrogens with zero attached hydrogens (tertiary/aromatic N) is 1. The average molecular weight is 332 g/mol. The molecule has 0 heterocycles. The summed E-state index contributed by atoms with van der Waals surface area (Å²) < 4.78 is 10.3. The first kappa shape index (κ1) is 19.5. The van der Waals surface area contributed by atoms with E-state index < -0.39 is 17.4 Å². The van der Waals surface area contributed by atoms with Gasteiger partial charge < -0.3 is 14.8 Å². The molecule has 1 rings (SSSR count). The van der Waals surface area contributed by atoms with E-state index in [1.165, 1.54) is 7.11 Å². The number of amides is 1. The van der Waals surface area contributed by atoms with Gasteiger partial charge in [0.1, 0.15) is 12.2 Å². The fourth-order valence-electron chi connectivity index (χ4n) is 2.26. The van der Waals surface area contributed by atoms with E-state index in [0.29, 0.717) is 6.61 Å². The monoisotopic (exact) mass is 332 g/mol. The predicted octanol–water partition coefficient (Wildman–Crippen LogP) is 2.67. The largest absolute Gasteiger partial charge is 0.494 e. The molecule has 0 aliphatic carbocycles. The molecule has 0 aliphatic rings. The van der Waals surface area contributed by atoms with Crippen LogP contribution < -0.4 is 10.1 Å². The number of unbranched alkanes of at least 4 members (excludes halogenated alkanes) is 1. The number of benzene rings is 1. The standard InChI is InChI=1S/C18H24N2O4/c1-4-5-12-24-15-8-6-14(7-9-15)18(2,13-17(22)23-3)20-16(21)10-11-19/h6-9H,4-5,10,12-13H2,1-3H3,(H,20,21). The molecule has 0 saturated carbocycles. The van der Waals surface area contributed by atoms with Crippen LogP contribution in [-0.4, -0.2) is 25.6 Å². The van der Waals surface area contributed by atoms with Crippen molar-refractivity contribution in [3.63, 3.8) is 0 Å². The van der Waals surface area contributed by atoms with Crippen LogP contribution in [0.4, 0.5) is 0 Å². The van der Waals surface area contributed by atoms with Crippen LogP contribution in [0.5, 0.6) is 5.75 Å². The Morgan fingerprint density at radius 3 is 2.50 bits per heavy atom. The number of rotatable bonds is 9.